The zero-order valence-electron chi connectivity index (χ0n) is 8.86. The quantitative estimate of drug-likeness (QED) is 0.868. The molecule has 0 spiro atoms. The fourth-order valence-corrected chi connectivity index (χ4v) is 2.46. The first-order valence-electron chi connectivity index (χ1n) is 4.94. The third kappa shape index (κ3) is 1.96. The van der Waals surface area contributed by atoms with Gasteiger partial charge in [0.1, 0.15) is 10.8 Å². The maximum absolute atomic E-state index is 5.95. The van der Waals surface area contributed by atoms with Crippen molar-refractivity contribution in [3.8, 4) is 5.75 Å². The predicted molar refractivity (Wildman–Crippen MR) is 63.4 cm³/mol. The summed E-state index contributed by atoms with van der Waals surface area (Å²) in [5.74, 6) is 0.864. The van der Waals surface area contributed by atoms with Crippen LogP contribution in [0.25, 0.3) is 10.2 Å². The fourth-order valence-electron chi connectivity index (χ4n) is 1.38. The molecule has 0 aliphatic rings. The van der Waals surface area contributed by atoms with E-state index >= 15 is 0 Å². The first-order valence-corrected chi connectivity index (χ1v) is 5.76. The van der Waals surface area contributed by atoms with Gasteiger partial charge >= 0.3 is 0 Å². The van der Waals surface area contributed by atoms with Crippen molar-refractivity contribution < 1.29 is 4.74 Å². The van der Waals surface area contributed by atoms with Crippen LogP contribution >= 0.6 is 11.3 Å². The van der Waals surface area contributed by atoms with E-state index in [-0.39, 0.29) is 6.04 Å². The third-order valence-electron chi connectivity index (χ3n) is 2.37. The van der Waals surface area contributed by atoms with Crippen molar-refractivity contribution in [3.63, 3.8) is 0 Å². The van der Waals surface area contributed by atoms with E-state index in [0.29, 0.717) is 0 Å². The standard InChI is InChI=1S/C11H14N2OS/c1-3-8(12)11-13-9-5-4-7(14-2)6-10(9)15-11/h4-6,8H,3,12H2,1-2H3. The van der Waals surface area contributed by atoms with Crippen LogP contribution in [0.2, 0.25) is 0 Å². The monoisotopic (exact) mass is 222 g/mol. The number of benzene rings is 1. The normalized spacial score (nSPS) is 13.0. The maximum atomic E-state index is 5.95. The van der Waals surface area contributed by atoms with Crippen LogP contribution in [0, 0.1) is 0 Å². The number of nitrogens with zero attached hydrogens (tertiary/aromatic N) is 1. The van der Waals surface area contributed by atoms with Crippen LogP contribution in [-0.4, -0.2) is 12.1 Å². The Morgan fingerprint density at radius 2 is 2.33 bits per heavy atom. The second-order valence-electron chi connectivity index (χ2n) is 3.40. The highest BCUT2D eigenvalue weighted by atomic mass is 32.1. The van der Waals surface area contributed by atoms with Gasteiger partial charge in [-0.1, -0.05) is 6.92 Å². The molecule has 0 saturated heterocycles. The van der Waals surface area contributed by atoms with Gasteiger partial charge in [-0.25, -0.2) is 4.98 Å². The summed E-state index contributed by atoms with van der Waals surface area (Å²) in [7, 11) is 1.67. The van der Waals surface area contributed by atoms with Crippen LogP contribution in [0.15, 0.2) is 18.2 Å². The van der Waals surface area contributed by atoms with Crippen LogP contribution in [-0.2, 0) is 0 Å². The van der Waals surface area contributed by atoms with Crippen LogP contribution in [0.5, 0.6) is 5.75 Å². The number of rotatable bonds is 3. The molecule has 2 rings (SSSR count). The Balaban J connectivity index is 2.46. The van der Waals surface area contributed by atoms with Crippen molar-refractivity contribution in [1.29, 1.82) is 0 Å². The van der Waals surface area contributed by atoms with Crippen molar-refractivity contribution >= 4 is 21.6 Å². The second kappa shape index (κ2) is 4.16. The van der Waals surface area contributed by atoms with Crippen LogP contribution < -0.4 is 10.5 Å². The van der Waals surface area contributed by atoms with E-state index in [4.69, 9.17) is 10.5 Å². The van der Waals surface area contributed by atoms with Gasteiger partial charge in [0.05, 0.1) is 23.4 Å². The van der Waals surface area contributed by atoms with E-state index in [0.717, 1.165) is 27.4 Å². The van der Waals surface area contributed by atoms with Crippen LogP contribution in [0.4, 0.5) is 0 Å². The van der Waals surface area contributed by atoms with E-state index in [9.17, 15) is 0 Å². The Morgan fingerprint density at radius 1 is 1.53 bits per heavy atom. The molecule has 1 heterocycles. The average Bonchev–Trinajstić information content (AvgIpc) is 2.70. The fraction of sp³-hybridized carbons (Fsp3) is 0.364. The molecule has 4 heteroatoms. The van der Waals surface area contributed by atoms with Gasteiger partial charge in [0, 0.05) is 0 Å². The average molecular weight is 222 g/mol. The van der Waals surface area contributed by atoms with E-state index in [2.05, 4.69) is 11.9 Å². The van der Waals surface area contributed by atoms with Gasteiger partial charge in [0.2, 0.25) is 0 Å². The largest absolute Gasteiger partial charge is 0.497 e. The number of fused-ring (bicyclic) bond motifs is 1. The lowest BCUT2D eigenvalue weighted by atomic mass is 10.2. The molecule has 2 aromatic rings. The zero-order valence-corrected chi connectivity index (χ0v) is 9.67. The summed E-state index contributed by atoms with van der Waals surface area (Å²) in [5.41, 5.74) is 6.95. The van der Waals surface area contributed by atoms with Crippen molar-refractivity contribution in [3.05, 3.63) is 23.2 Å². The summed E-state index contributed by atoms with van der Waals surface area (Å²) in [6.45, 7) is 2.07. The summed E-state index contributed by atoms with van der Waals surface area (Å²) < 4.78 is 6.30. The Labute approximate surface area is 92.9 Å². The highest BCUT2D eigenvalue weighted by molar-refractivity contribution is 7.18. The first kappa shape index (κ1) is 10.4. The molecular weight excluding hydrogens is 208 g/mol. The second-order valence-corrected chi connectivity index (χ2v) is 4.46. The zero-order chi connectivity index (χ0) is 10.8. The van der Waals surface area contributed by atoms with Crippen molar-refractivity contribution in [1.82, 2.24) is 4.98 Å². The minimum atomic E-state index is 0.0494. The summed E-state index contributed by atoms with van der Waals surface area (Å²) in [5, 5.41) is 1.00. The van der Waals surface area contributed by atoms with Gasteiger partial charge in [-0.05, 0) is 24.6 Å². The smallest absolute Gasteiger partial charge is 0.120 e. The molecular formula is C11H14N2OS. The number of hydrogen-bond donors (Lipinski definition) is 1. The lowest BCUT2D eigenvalue weighted by Gasteiger charge is -2.01. The van der Waals surface area contributed by atoms with E-state index < -0.39 is 0 Å². The van der Waals surface area contributed by atoms with Gasteiger partial charge in [-0.15, -0.1) is 11.3 Å². The molecule has 0 amide bonds. The Hall–Kier alpha value is -1.13. The van der Waals surface area contributed by atoms with E-state index in [1.165, 1.54) is 0 Å². The molecule has 0 aliphatic heterocycles. The third-order valence-corrected chi connectivity index (χ3v) is 3.52. The van der Waals surface area contributed by atoms with Gasteiger partial charge in [0.15, 0.2) is 0 Å². The van der Waals surface area contributed by atoms with Crippen molar-refractivity contribution in [2.45, 2.75) is 19.4 Å². The minimum Gasteiger partial charge on any atom is -0.497 e. The molecule has 0 saturated carbocycles. The van der Waals surface area contributed by atoms with Gasteiger partial charge in [-0.3, -0.25) is 0 Å². The molecule has 0 fully saturated rings. The number of hydrogen-bond acceptors (Lipinski definition) is 4. The summed E-state index contributed by atoms with van der Waals surface area (Å²) in [4.78, 5) is 4.50. The van der Waals surface area contributed by atoms with E-state index in [1.807, 2.05) is 18.2 Å². The van der Waals surface area contributed by atoms with Crippen LogP contribution in [0.1, 0.15) is 24.4 Å². The summed E-state index contributed by atoms with van der Waals surface area (Å²) in [6.07, 6.45) is 0.914. The summed E-state index contributed by atoms with van der Waals surface area (Å²) >= 11 is 1.64. The SMILES string of the molecule is CCC(N)c1nc2ccc(OC)cc2s1. The first-order chi connectivity index (χ1) is 7.24. The molecule has 1 atom stereocenters. The van der Waals surface area contributed by atoms with Gasteiger partial charge in [-0.2, -0.15) is 0 Å². The lowest BCUT2D eigenvalue weighted by Crippen LogP contribution is -2.07. The van der Waals surface area contributed by atoms with Gasteiger partial charge < -0.3 is 10.5 Å². The molecule has 0 aliphatic carbocycles. The minimum absolute atomic E-state index is 0.0494. The number of nitrogens with two attached hydrogens (primary N) is 1. The lowest BCUT2D eigenvalue weighted by molar-refractivity contribution is 0.415. The molecule has 1 aromatic carbocycles. The summed E-state index contributed by atoms with van der Waals surface area (Å²) in [6, 6.07) is 5.94. The molecule has 80 valence electrons. The Morgan fingerprint density at radius 3 is 3.00 bits per heavy atom. The topological polar surface area (TPSA) is 48.1 Å². The molecule has 1 unspecified atom stereocenters. The number of methoxy groups -OCH3 is 1. The predicted octanol–water partition coefficient (Wildman–Crippen LogP) is 2.71. The molecule has 3 nitrogen and oxygen atoms in total. The highest BCUT2D eigenvalue weighted by Gasteiger charge is 2.10. The number of ether oxygens (including phenoxy) is 1. The Kier molecular flexibility index (Phi) is 2.88. The molecule has 1 aromatic heterocycles. The number of aromatic nitrogens is 1. The van der Waals surface area contributed by atoms with E-state index in [1.54, 1.807) is 18.4 Å². The van der Waals surface area contributed by atoms with Crippen LogP contribution in [0.3, 0.4) is 0 Å². The van der Waals surface area contributed by atoms with Crippen molar-refractivity contribution in [2.24, 2.45) is 5.73 Å². The number of thiazole rings is 1. The van der Waals surface area contributed by atoms with Gasteiger partial charge in [0.25, 0.3) is 0 Å². The molecule has 2 N–H and O–H groups in total. The Bertz CT molecular complexity index is 467. The maximum Gasteiger partial charge on any atom is 0.120 e. The molecule has 0 radical (unpaired) electrons. The molecule has 15 heavy (non-hydrogen) atoms. The van der Waals surface area contributed by atoms with Crippen molar-refractivity contribution in [2.75, 3.05) is 7.11 Å². The highest BCUT2D eigenvalue weighted by Crippen LogP contribution is 2.29. The molecule has 0 bridgehead atoms.